The van der Waals surface area contributed by atoms with Gasteiger partial charge in [0.2, 0.25) is 0 Å². The molecule has 0 spiro atoms. The number of hydrogen-bond donors (Lipinski definition) is 1. The predicted molar refractivity (Wildman–Crippen MR) is 91.1 cm³/mol. The minimum atomic E-state index is -0.0446. The molecule has 0 saturated heterocycles. The van der Waals surface area contributed by atoms with Crippen molar-refractivity contribution in [2.75, 3.05) is 0 Å². The molecule has 1 atom stereocenters. The van der Waals surface area contributed by atoms with Crippen molar-refractivity contribution >= 4 is 40.1 Å². The molecule has 0 aliphatic rings. The van der Waals surface area contributed by atoms with Gasteiger partial charge in [0.05, 0.1) is 11.6 Å². The maximum Gasteiger partial charge on any atom is 0.252 e. The van der Waals surface area contributed by atoms with E-state index in [0.717, 1.165) is 15.6 Å². The summed E-state index contributed by atoms with van der Waals surface area (Å²) in [7, 11) is 0. The summed E-state index contributed by atoms with van der Waals surface area (Å²) in [5.41, 5.74) is 1.77. The van der Waals surface area contributed by atoms with E-state index in [2.05, 4.69) is 34.8 Å². The third-order valence-electron chi connectivity index (χ3n) is 3.10. The van der Waals surface area contributed by atoms with E-state index in [9.17, 15) is 4.79 Å². The molecule has 0 aliphatic heterocycles. The van der Waals surface area contributed by atoms with Crippen LogP contribution in [0.5, 0.6) is 0 Å². The van der Waals surface area contributed by atoms with Crippen molar-refractivity contribution < 1.29 is 4.79 Å². The Bertz CT molecular complexity index is 598. The second-order valence-electron chi connectivity index (χ2n) is 4.47. The van der Waals surface area contributed by atoms with Gasteiger partial charge in [0, 0.05) is 8.59 Å². The van der Waals surface area contributed by atoms with Crippen molar-refractivity contribution in [2.24, 2.45) is 0 Å². The Morgan fingerprint density at radius 3 is 2.45 bits per heavy atom. The molecule has 0 aromatic heterocycles. The molecule has 1 N–H and O–H groups in total. The first-order valence-corrected chi connectivity index (χ1v) is 7.88. The molecule has 4 heteroatoms. The maximum absolute atomic E-state index is 12.3. The molecule has 0 fully saturated rings. The van der Waals surface area contributed by atoms with Crippen LogP contribution < -0.4 is 5.32 Å². The smallest absolute Gasteiger partial charge is 0.252 e. The molecule has 1 unspecified atom stereocenters. The van der Waals surface area contributed by atoms with Gasteiger partial charge < -0.3 is 5.32 Å². The van der Waals surface area contributed by atoms with Gasteiger partial charge in [0.1, 0.15) is 0 Å². The highest BCUT2D eigenvalue weighted by Crippen LogP contribution is 2.20. The normalized spacial score (nSPS) is 11.9. The number of hydrogen-bond acceptors (Lipinski definition) is 1. The second kappa shape index (κ2) is 7.09. The summed E-state index contributed by atoms with van der Waals surface area (Å²) < 4.78 is 0.952. The van der Waals surface area contributed by atoms with Crippen LogP contribution in [0.15, 0.2) is 48.5 Å². The lowest BCUT2D eigenvalue weighted by Gasteiger charge is -2.18. The third kappa shape index (κ3) is 3.73. The van der Waals surface area contributed by atoms with Crippen LogP contribution in [0.3, 0.4) is 0 Å². The molecule has 0 radical (unpaired) electrons. The maximum atomic E-state index is 12.3. The van der Waals surface area contributed by atoms with Crippen LogP contribution in [0, 0.1) is 3.57 Å². The van der Waals surface area contributed by atoms with Crippen molar-refractivity contribution in [2.45, 2.75) is 19.4 Å². The zero-order chi connectivity index (χ0) is 14.5. The Morgan fingerprint density at radius 2 is 1.85 bits per heavy atom. The van der Waals surface area contributed by atoms with E-state index in [1.165, 1.54) is 0 Å². The van der Waals surface area contributed by atoms with Gasteiger partial charge in [0.25, 0.3) is 5.91 Å². The molecule has 2 aromatic rings. The summed E-state index contributed by atoms with van der Waals surface area (Å²) in [6.07, 6.45) is 0.830. The van der Waals surface area contributed by atoms with E-state index in [4.69, 9.17) is 11.6 Å². The SMILES string of the molecule is CCC(NC(=O)c1ccccc1I)c1ccc(Cl)cc1. The fourth-order valence-corrected chi connectivity index (χ4v) is 2.76. The van der Waals surface area contributed by atoms with Crippen molar-refractivity contribution in [3.05, 3.63) is 68.3 Å². The highest BCUT2D eigenvalue weighted by Gasteiger charge is 2.15. The summed E-state index contributed by atoms with van der Waals surface area (Å²) >= 11 is 8.07. The van der Waals surface area contributed by atoms with Gasteiger partial charge in [-0.25, -0.2) is 0 Å². The molecule has 0 heterocycles. The van der Waals surface area contributed by atoms with Gasteiger partial charge in [-0.3, -0.25) is 4.79 Å². The lowest BCUT2D eigenvalue weighted by Crippen LogP contribution is -2.28. The van der Waals surface area contributed by atoms with Crippen LogP contribution in [-0.4, -0.2) is 5.91 Å². The lowest BCUT2D eigenvalue weighted by atomic mass is 10.0. The summed E-state index contributed by atoms with van der Waals surface area (Å²) in [6.45, 7) is 2.05. The van der Waals surface area contributed by atoms with Crippen LogP contribution in [0.25, 0.3) is 0 Å². The first-order valence-electron chi connectivity index (χ1n) is 6.42. The zero-order valence-electron chi connectivity index (χ0n) is 11.1. The molecule has 2 rings (SSSR count). The van der Waals surface area contributed by atoms with E-state index in [-0.39, 0.29) is 11.9 Å². The molecule has 20 heavy (non-hydrogen) atoms. The first kappa shape index (κ1) is 15.3. The fraction of sp³-hybridized carbons (Fsp3) is 0.188. The van der Waals surface area contributed by atoms with E-state index in [1.807, 2.05) is 48.5 Å². The Kier molecular flexibility index (Phi) is 5.43. The average Bonchev–Trinajstić information content (AvgIpc) is 2.46. The number of nitrogens with one attached hydrogen (secondary N) is 1. The summed E-state index contributed by atoms with van der Waals surface area (Å²) in [5.74, 6) is -0.0446. The van der Waals surface area contributed by atoms with Gasteiger partial charge in [-0.1, -0.05) is 42.8 Å². The van der Waals surface area contributed by atoms with Crippen LogP contribution in [0.1, 0.15) is 35.3 Å². The Hall–Kier alpha value is -1.07. The molecule has 0 bridgehead atoms. The highest BCUT2D eigenvalue weighted by atomic mass is 127. The fourth-order valence-electron chi connectivity index (χ4n) is 2.00. The van der Waals surface area contributed by atoms with E-state index >= 15 is 0 Å². The standard InChI is InChI=1S/C16H15ClINO/c1-2-15(11-7-9-12(17)10-8-11)19-16(20)13-5-3-4-6-14(13)18/h3-10,15H,2H2,1H3,(H,19,20). The van der Waals surface area contributed by atoms with Crippen molar-refractivity contribution in [3.63, 3.8) is 0 Å². The molecule has 104 valence electrons. The van der Waals surface area contributed by atoms with Gasteiger partial charge >= 0.3 is 0 Å². The van der Waals surface area contributed by atoms with Gasteiger partial charge in [-0.15, -0.1) is 0 Å². The molecule has 1 amide bonds. The van der Waals surface area contributed by atoms with Crippen molar-refractivity contribution in [1.29, 1.82) is 0 Å². The summed E-state index contributed by atoms with van der Waals surface area (Å²) in [6, 6.07) is 15.2. The van der Waals surface area contributed by atoms with E-state index in [1.54, 1.807) is 0 Å². The predicted octanol–water partition coefficient (Wildman–Crippen LogP) is 4.83. The Labute approximate surface area is 137 Å². The monoisotopic (exact) mass is 399 g/mol. The van der Waals surface area contributed by atoms with E-state index in [0.29, 0.717) is 10.6 Å². The van der Waals surface area contributed by atoms with Crippen molar-refractivity contribution in [1.82, 2.24) is 5.32 Å². The highest BCUT2D eigenvalue weighted by molar-refractivity contribution is 14.1. The number of carbonyl (C=O) groups is 1. The molecule has 0 aliphatic carbocycles. The number of amides is 1. The summed E-state index contributed by atoms with van der Waals surface area (Å²) in [5, 5.41) is 3.77. The third-order valence-corrected chi connectivity index (χ3v) is 4.30. The molecule has 0 saturated carbocycles. The van der Waals surface area contributed by atoms with E-state index < -0.39 is 0 Å². The quantitative estimate of drug-likeness (QED) is 0.733. The zero-order valence-corrected chi connectivity index (χ0v) is 14.0. The lowest BCUT2D eigenvalue weighted by molar-refractivity contribution is 0.0934. The Balaban J connectivity index is 2.16. The number of halogens is 2. The molecular weight excluding hydrogens is 385 g/mol. The molecule has 2 aromatic carbocycles. The minimum Gasteiger partial charge on any atom is -0.345 e. The van der Waals surface area contributed by atoms with Gasteiger partial charge in [0.15, 0.2) is 0 Å². The summed E-state index contributed by atoms with van der Waals surface area (Å²) in [4.78, 5) is 12.3. The van der Waals surface area contributed by atoms with Gasteiger partial charge in [-0.2, -0.15) is 0 Å². The Morgan fingerprint density at radius 1 is 1.20 bits per heavy atom. The second-order valence-corrected chi connectivity index (χ2v) is 6.06. The van der Waals surface area contributed by atoms with Crippen molar-refractivity contribution in [3.8, 4) is 0 Å². The molecular formula is C16H15ClINO. The van der Waals surface area contributed by atoms with Crippen LogP contribution >= 0.6 is 34.2 Å². The minimum absolute atomic E-state index is 0.00391. The largest absolute Gasteiger partial charge is 0.345 e. The number of carbonyl (C=O) groups excluding carboxylic acids is 1. The van der Waals surface area contributed by atoms with Crippen LogP contribution in [-0.2, 0) is 0 Å². The topological polar surface area (TPSA) is 29.1 Å². The van der Waals surface area contributed by atoms with Gasteiger partial charge in [-0.05, 0) is 58.8 Å². The van der Waals surface area contributed by atoms with Crippen LogP contribution in [0.4, 0.5) is 0 Å². The molecule has 2 nitrogen and oxygen atoms in total. The van der Waals surface area contributed by atoms with Crippen LogP contribution in [0.2, 0.25) is 5.02 Å². The number of benzene rings is 2. The average molecular weight is 400 g/mol. The first-order chi connectivity index (χ1) is 9.61. The number of rotatable bonds is 4.